The molecule has 3 rings (SSSR count). The Hall–Kier alpha value is -1.81. The molecule has 0 aliphatic carbocycles. The number of fused-ring (bicyclic) bond motifs is 1. The van der Waals surface area contributed by atoms with E-state index in [1.807, 2.05) is 18.2 Å². The van der Waals surface area contributed by atoms with Crippen molar-refractivity contribution in [1.29, 1.82) is 0 Å². The fourth-order valence-corrected chi connectivity index (χ4v) is 2.59. The Balaban J connectivity index is 2.03. The normalized spacial score (nSPS) is 16.4. The summed E-state index contributed by atoms with van der Waals surface area (Å²) in [5, 5.41) is 10.0. The van der Waals surface area contributed by atoms with Crippen LogP contribution in [0.1, 0.15) is 29.0 Å². The fraction of sp³-hybridized carbons (Fsp3) is 0.357. The van der Waals surface area contributed by atoms with Crippen molar-refractivity contribution >= 4 is 16.9 Å². The molecule has 1 saturated heterocycles. The summed E-state index contributed by atoms with van der Waals surface area (Å²) in [5.41, 5.74) is 0.974. The molecule has 0 spiro atoms. The van der Waals surface area contributed by atoms with Gasteiger partial charge in [0.25, 0.3) is 0 Å². The molecular weight excluding hydrogens is 230 g/mol. The Labute approximate surface area is 105 Å². The van der Waals surface area contributed by atoms with E-state index in [-0.39, 0.29) is 0 Å². The van der Waals surface area contributed by atoms with Crippen molar-refractivity contribution in [2.24, 2.45) is 0 Å². The molecule has 18 heavy (non-hydrogen) atoms. The zero-order chi connectivity index (χ0) is 12.5. The smallest absolute Gasteiger partial charge is 0.339 e. The Kier molecular flexibility index (Phi) is 2.80. The molecule has 1 aliphatic heterocycles. The molecule has 94 valence electrons. The Morgan fingerprint density at radius 2 is 2.00 bits per heavy atom. The van der Waals surface area contributed by atoms with Crippen molar-refractivity contribution in [1.82, 2.24) is 4.90 Å². The van der Waals surface area contributed by atoms with Crippen molar-refractivity contribution in [2.45, 2.75) is 19.4 Å². The average Bonchev–Trinajstić information content (AvgIpc) is 2.95. The van der Waals surface area contributed by atoms with E-state index >= 15 is 0 Å². The van der Waals surface area contributed by atoms with Crippen LogP contribution in [0.25, 0.3) is 11.0 Å². The van der Waals surface area contributed by atoms with Crippen molar-refractivity contribution in [3.05, 3.63) is 35.6 Å². The van der Waals surface area contributed by atoms with E-state index < -0.39 is 5.97 Å². The Morgan fingerprint density at radius 3 is 2.72 bits per heavy atom. The number of aromatic carboxylic acids is 1. The molecular formula is C14H15NO3. The van der Waals surface area contributed by atoms with Gasteiger partial charge in [0.2, 0.25) is 0 Å². The number of benzene rings is 1. The lowest BCUT2D eigenvalue weighted by Crippen LogP contribution is -2.19. The minimum atomic E-state index is -0.908. The summed E-state index contributed by atoms with van der Waals surface area (Å²) in [4.78, 5) is 13.6. The van der Waals surface area contributed by atoms with Crippen LogP contribution in [-0.4, -0.2) is 29.1 Å². The lowest BCUT2D eigenvalue weighted by atomic mass is 10.1. The Bertz CT molecular complexity index is 582. The van der Waals surface area contributed by atoms with Gasteiger partial charge in [-0.05, 0) is 32.0 Å². The molecule has 4 nitrogen and oxygen atoms in total. The number of nitrogens with zero attached hydrogens (tertiary/aromatic N) is 1. The minimum absolute atomic E-state index is 0.317. The molecule has 4 heteroatoms. The predicted octanol–water partition coefficient (Wildman–Crippen LogP) is 2.73. The van der Waals surface area contributed by atoms with Crippen molar-refractivity contribution in [3.63, 3.8) is 0 Å². The summed E-state index contributed by atoms with van der Waals surface area (Å²) in [5.74, 6) is -0.334. The van der Waals surface area contributed by atoms with Crippen LogP contribution < -0.4 is 0 Å². The minimum Gasteiger partial charge on any atom is -0.478 e. The van der Waals surface area contributed by atoms with Gasteiger partial charge in [-0.2, -0.15) is 0 Å². The molecule has 1 aromatic heterocycles. The van der Waals surface area contributed by atoms with Gasteiger partial charge in [0.15, 0.2) is 0 Å². The molecule has 1 aliphatic rings. The fourth-order valence-electron chi connectivity index (χ4n) is 2.59. The van der Waals surface area contributed by atoms with E-state index in [1.165, 1.54) is 12.8 Å². The number of likely N-dealkylation sites (tertiary alicyclic amines) is 1. The molecule has 0 bridgehead atoms. The quantitative estimate of drug-likeness (QED) is 0.903. The highest BCUT2D eigenvalue weighted by atomic mass is 16.4. The van der Waals surface area contributed by atoms with Crippen LogP contribution in [0.3, 0.4) is 0 Å². The van der Waals surface area contributed by atoms with Crippen LogP contribution in [0.15, 0.2) is 28.7 Å². The first-order valence-electron chi connectivity index (χ1n) is 6.22. The highest BCUT2D eigenvalue weighted by molar-refractivity contribution is 6.03. The van der Waals surface area contributed by atoms with Crippen LogP contribution in [-0.2, 0) is 6.54 Å². The maximum Gasteiger partial charge on any atom is 0.339 e. The molecule has 0 unspecified atom stereocenters. The van der Waals surface area contributed by atoms with E-state index in [2.05, 4.69) is 4.90 Å². The lowest BCUT2D eigenvalue weighted by molar-refractivity contribution is 0.0695. The summed E-state index contributed by atoms with van der Waals surface area (Å²) in [6, 6.07) is 7.31. The maximum atomic E-state index is 11.4. The molecule has 0 atom stereocenters. The highest BCUT2D eigenvalue weighted by Gasteiger charge is 2.22. The summed E-state index contributed by atoms with van der Waals surface area (Å²) in [6.07, 6.45) is 2.37. The second kappa shape index (κ2) is 4.46. The lowest BCUT2D eigenvalue weighted by Gasteiger charge is -2.12. The summed E-state index contributed by atoms with van der Waals surface area (Å²) in [6.45, 7) is 2.64. The molecule has 1 fully saturated rings. The highest BCUT2D eigenvalue weighted by Crippen LogP contribution is 2.27. The molecule has 0 amide bonds. The second-order valence-electron chi connectivity index (χ2n) is 4.68. The van der Waals surface area contributed by atoms with Gasteiger partial charge in [0.1, 0.15) is 16.9 Å². The van der Waals surface area contributed by atoms with E-state index in [4.69, 9.17) is 4.42 Å². The van der Waals surface area contributed by atoms with E-state index in [9.17, 15) is 9.90 Å². The third-order valence-electron chi connectivity index (χ3n) is 3.45. The standard InChI is InChI=1S/C14H15NO3/c16-14(17)13-10-5-1-2-6-11(10)18-12(13)9-15-7-3-4-8-15/h1-2,5-6H,3-4,7-9H2,(H,16,17). The number of furan rings is 1. The molecule has 2 heterocycles. The number of carboxylic acids is 1. The van der Waals surface area contributed by atoms with Crippen molar-refractivity contribution < 1.29 is 14.3 Å². The summed E-state index contributed by atoms with van der Waals surface area (Å²) in [7, 11) is 0. The number of hydrogen-bond donors (Lipinski definition) is 1. The van der Waals surface area contributed by atoms with Gasteiger partial charge in [0.05, 0.1) is 6.54 Å². The first-order valence-corrected chi connectivity index (χ1v) is 6.22. The zero-order valence-electron chi connectivity index (χ0n) is 10.1. The third kappa shape index (κ3) is 1.88. The second-order valence-corrected chi connectivity index (χ2v) is 4.68. The van der Waals surface area contributed by atoms with Gasteiger partial charge in [-0.25, -0.2) is 4.79 Å². The number of para-hydroxylation sites is 1. The largest absolute Gasteiger partial charge is 0.478 e. The van der Waals surface area contributed by atoms with Gasteiger partial charge in [-0.15, -0.1) is 0 Å². The number of carbonyl (C=O) groups is 1. The van der Waals surface area contributed by atoms with E-state index in [0.717, 1.165) is 13.1 Å². The van der Waals surface area contributed by atoms with E-state index in [0.29, 0.717) is 28.8 Å². The number of hydrogen-bond acceptors (Lipinski definition) is 3. The number of rotatable bonds is 3. The van der Waals surface area contributed by atoms with Crippen LogP contribution >= 0.6 is 0 Å². The molecule has 0 radical (unpaired) electrons. The number of carboxylic acid groups (broad SMARTS) is 1. The molecule has 1 N–H and O–H groups in total. The first kappa shape index (κ1) is 11.3. The average molecular weight is 245 g/mol. The maximum absolute atomic E-state index is 11.4. The molecule has 2 aromatic rings. The topological polar surface area (TPSA) is 53.7 Å². The third-order valence-corrected chi connectivity index (χ3v) is 3.45. The van der Waals surface area contributed by atoms with Crippen molar-refractivity contribution in [3.8, 4) is 0 Å². The Morgan fingerprint density at radius 1 is 1.28 bits per heavy atom. The van der Waals surface area contributed by atoms with Crippen LogP contribution in [0, 0.1) is 0 Å². The van der Waals surface area contributed by atoms with Crippen molar-refractivity contribution in [2.75, 3.05) is 13.1 Å². The van der Waals surface area contributed by atoms with Gasteiger partial charge in [-0.1, -0.05) is 18.2 Å². The van der Waals surface area contributed by atoms with Crippen LogP contribution in [0.5, 0.6) is 0 Å². The summed E-state index contributed by atoms with van der Waals surface area (Å²) < 4.78 is 5.70. The van der Waals surface area contributed by atoms with Gasteiger partial charge >= 0.3 is 5.97 Å². The predicted molar refractivity (Wildman–Crippen MR) is 67.7 cm³/mol. The molecule has 0 saturated carbocycles. The molecule has 1 aromatic carbocycles. The monoisotopic (exact) mass is 245 g/mol. The van der Waals surface area contributed by atoms with Gasteiger partial charge < -0.3 is 9.52 Å². The summed E-state index contributed by atoms with van der Waals surface area (Å²) >= 11 is 0. The first-order chi connectivity index (χ1) is 8.75. The zero-order valence-corrected chi connectivity index (χ0v) is 10.1. The van der Waals surface area contributed by atoms with Crippen LogP contribution in [0.2, 0.25) is 0 Å². The SMILES string of the molecule is O=C(O)c1c(CN2CCCC2)oc2ccccc12. The van der Waals surface area contributed by atoms with Gasteiger partial charge in [-0.3, -0.25) is 4.90 Å². The van der Waals surface area contributed by atoms with Crippen LogP contribution in [0.4, 0.5) is 0 Å². The van der Waals surface area contributed by atoms with E-state index in [1.54, 1.807) is 6.07 Å². The van der Waals surface area contributed by atoms with Gasteiger partial charge in [0, 0.05) is 5.39 Å².